The van der Waals surface area contributed by atoms with Crippen molar-refractivity contribution in [3.05, 3.63) is 52.0 Å². The van der Waals surface area contributed by atoms with Crippen molar-refractivity contribution in [3.63, 3.8) is 0 Å². The molecule has 0 heterocycles. The van der Waals surface area contributed by atoms with E-state index in [1.54, 1.807) is 6.07 Å². The Morgan fingerprint density at radius 2 is 1.65 bits per heavy atom. The summed E-state index contributed by atoms with van der Waals surface area (Å²) in [5.41, 5.74) is 9.08. The Bertz CT molecular complexity index is 533. The van der Waals surface area contributed by atoms with Gasteiger partial charge in [0.2, 0.25) is 0 Å². The van der Waals surface area contributed by atoms with Gasteiger partial charge in [0.1, 0.15) is 0 Å². The van der Waals surface area contributed by atoms with E-state index in [1.807, 2.05) is 37.3 Å². The van der Waals surface area contributed by atoms with Gasteiger partial charge in [-0.15, -0.1) is 0 Å². The zero-order valence-electron chi connectivity index (χ0n) is 9.30. The Kier molecular flexibility index (Phi) is 3.46. The second kappa shape index (κ2) is 4.86. The molecule has 0 aliphatic rings. The minimum atomic E-state index is 0.522. The number of hydrogen-bond donors (Lipinski definition) is 2. The number of nitrogens with two attached hydrogens (primary N) is 1. The van der Waals surface area contributed by atoms with Crippen molar-refractivity contribution in [3.8, 4) is 0 Å². The third-order valence-corrected chi connectivity index (χ3v) is 3.18. The fraction of sp³-hybridized carbons (Fsp3) is 0.0769. The van der Waals surface area contributed by atoms with Gasteiger partial charge in [-0.05, 0) is 30.7 Å². The van der Waals surface area contributed by atoms with Crippen molar-refractivity contribution in [1.82, 2.24) is 0 Å². The maximum absolute atomic E-state index is 6.14. The standard InChI is InChI=1S/C13H12Cl2N2/c1-8-4-2-6-10(15)13(8)17-11-7-3-5-9(14)12(11)16/h2-7,17H,16H2,1H3. The number of anilines is 3. The van der Waals surface area contributed by atoms with Crippen LogP contribution in [0.1, 0.15) is 5.56 Å². The summed E-state index contributed by atoms with van der Waals surface area (Å²) in [6, 6.07) is 11.2. The van der Waals surface area contributed by atoms with Gasteiger partial charge in [0.15, 0.2) is 0 Å². The molecule has 0 aromatic heterocycles. The van der Waals surface area contributed by atoms with Crippen molar-refractivity contribution in [1.29, 1.82) is 0 Å². The van der Waals surface area contributed by atoms with Gasteiger partial charge in [-0.1, -0.05) is 41.4 Å². The van der Waals surface area contributed by atoms with Crippen molar-refractivity contribution in [2.75, 3.05) is 11.1 Å². The predicted molar refractivity (Wildman–Crippen MR) is 75.3 cm³/mol. The quantitative estimate of drug-likeness (QED) is 0.778. The van der Waals surface area contributed by atoms with Crippen LogP contribution < -0.4 is 11.1 Å². The number of para-hydroxylation sites is 2. The van der Waals surface area contributed by atoms with Crippen molar-refractivity contribution < 1.29 is 0 Å². The van der Waals surface area contributed by atoms with Crippen LogP contribution in [0.4, 0.5) is 17.1 Å². The molecular weight excluding hydrogens is 255 g/mol. The number of nitrogens with one attached hydrogen (secondary N) is 1. The van der Waals surface area contributed by atoms with Crippen LogP contribution in [-0.2, 0) is 0 Å². The smallest absolute Gasteiger partial charge is 0.0742 e. The lowest BCUT2D eigenvalue weighted by Gasteiger charge is -2.13. The average Bonchev–Trinajstić information content (AvgIpc) is 2.29. The first-order valence-corrected chi connectivity index (χ1v) is 5.91. The molecule has 0 fully saturated rings. The molecule has 0 spiro atoms. The highest BCUT2D eigenvalue weighted by Crippen LogP contribution is 2.33. The Hall–Kier alpha value is -1.38. The molecule has 0 aliphatic heterocycles. The summed E-state index contributed by atoms with van der Waals surface area (Å²) in [5.74, 6) is 0. The largest absolute Gasteiger partial charge is 0.396 e. The van der Waals surface area contributed by atoms with Crippen LogP contribution in [-0.4, -0.2) is 0 Å². The molecule has 2 aromatic rings. The number of halogens is 2. The summed E-state index contributed by atoms with van der Waals surface area (Å²) >= 11 is 12.1. The fourth-order valence-electron chi connectivity index (χ4n) is 1.57. The summed E-state index contributed by atoms with van der Waals surface area (Å²) < 4.78 is 0. The van der Waals surface area contributed by atoms with Crippen LogP contribution >= 0.6 is 23.2 Å². The van der Waals surface area contributed by atoms with Crippen LogP contribution in [0.3, 0.4) is 0 Å². The number of hydrogen-bond acceptors (Lipinski definition) is 2. The van der Waals surface area contributed by atoms with E-state index >= 15 is 0 Å². The Balaban J connectivity index is 2.42. The monoisotopic (exact) mass is 266 g/mol. The van der Waals surface area contributed by atoms with Gasteiger partial charge in [-0.2, -0.15) is 0 Å². The molecule has 3 N–H and O–H groups in total. The Morgan fingerprint density at radius 1 is 1.00 bits per heavy atom. The van der Waals surface area contributed by atoms with E-state index in [1.165, 1.54) is 0 Å². The highest BCUT2D eigenvalue weighted by molar-refractivity contribution is 6.34. The van der Waals surface area contributed by atoms with E-state index in [0.29, 0.717) is 15.7 Å². The van der Waals surface area contributed by atoms with Gasteiger partial charge >= 0.3 is 0 Å². The van der Waals surface area contributed by atoms with Crippen molar-refractivity contribution in [2.24, 2.45) is 0 Å². The first kappa shape index (κ1) is 12.1. The Morgan fingerprint density at radius 3 is 2.35 bits per heavy atom. The van der Waals surface area contributed by atoms with E-state index in [2.05, 4.69) is 5.32 Å². The van der Waals surface area contributed by atoms with Gasteiger partial charge in [0, 0.05) is 0 Å². The highest BCUT2D eigenvalue weighted by Gasteiger charge is 2.07. The van der Waals surface area contributed by atoms with Gasteiger partial charge in [-0.25, -0.2) is 0 Å². The number of aryl methyl sites for hydroxylation is 1. The molecule has 0 saturated carbocycles. The van der Waals surface area contributed by atoms with Gasteiger partial charge in [0.05, 0.1) is 27.1 Å². The SMILES string of the molecule is Cc1cccc(Cl)c1Nc1cccc(Cl)c1N. The lowest BCUT2D eigenvalue weighted by molar-refractivity contribution is 1.43. The zero-order valence-corrected chi connectivity index (χ0v) is 10.8. The second-order valence-corrected chi connectivity index (χ2v) is 4.57. The molecule has 2 nitrogen and oxygen atoms in total. The van der Waals surface area contributed by atoms with Crippen molar-refractivity contribution in [2.45, 2.75) is 6.92 Å². The maximum Gasteiger partial charge on any atom is 0.0742 e. The molecule has 4 heteroatoms. The molecule has 0 atom stereocenters. The maximum atomic E-state index is 6.14. The first-order valence-electron chi connectivity index (χ1n) is 5.15. The van der Waals surface area contributed by atoms with Crippen LogP contribution in [0.25, 0.3) is 0 Å². The number of rotatable bonds is 2. The van der Waals surface area contributed by atoms with E-state index in [0.717, 1.165) is 16.9 Å². The fourth-order valence-corrected chi connectivity index (χ4v) is 2.01. The number of nitrogen functional groups attached to an aromatic ring is 1. The van der Waals surface area contributed by atoms with Gasteiger partial charge < -0.3 is 11.1 Å². The van der Waals surface area contributed by atoms with E-state index in [4.69, 9.17) is 28.9 Å². The summed E-state index contributed by atoms with van der Waals surface area (Å²) in [7, 11) is 0. The summed E-state index contributed by atoms with van der Waals surface area (Å²) in [6.45, 7) is 1.98. The summed E-state index contributed by atoms with van der Waals surface area (Å²) in [4.78, 5) is 0. The predicted octanol–water partition coefficient (Wildman–Crippen LogP) is 4.63. The van der Waals surface area contributed by atoms with E-state index < -0.39 is 0 Å². The molecule has 0 radical (unpaired) electrons. The molecule has 2 aromatic carbocycles. The molecular formula is C13H12Cl2N2. The van der Waals surface area contributed by atoms with E-state index in [-0.39, 0.29) is 0 Å². The zero-order chi connectivity index (χ0) is 12.4. The molecule has 2 rings (SSSR count). The van der Waals surface area contributed by atoms with Crippen LogP contribution in [0.2, 0.25) is 10.0 Å². The van der Waals surface area contributed by atoms with Gasteiger partial charge in [0.25, 0.3) is 0 Å². The van der Waals surface area contributed by atoms with Crippen LogP contribution in [0.5, 0.6) is 0 Å². The Labute approximate surface area is 110 Å². The van der Waals surface area contributed by atoms with E-state index in [9.17, 15) is 0 Å². The summed E-state index contributed by atoms with van der Waals surface area (Å²) in [5, 5.41) is 4.39. The van der Waals surface area contributed by atoms with Crippen LogP contribution in [0, 0.1) is 6.92 Å². The topological polar surface area (TPSA) is 38.0 Å². The average molecular weight is 267 g/mol. The minimum absolute atomic E-state index is 0.522. The molecule has 0 unspecified atom stereocenters. The molecule has 0 bridgehead atoms. The molecule has 0 saturated heterocycles. The number of benzene rings is 2. The van der Waals surface area contributed by atoms with Gasteiger partial charge in [-0.3, -0.25) is 0 Å². The lowest BCUT2D eigenvalue weighted by Crippen LogP contribution is -1.98. The molecule has 17 heavy (non-hydrogen) atoms. The molecule has 0 aliphatic carbocycles. The third kappa shape index (κ3) is 2.48. The third-order valence-electron chi connectivity index (χ3n) is 2.53. The normalized spacial score (nSPS) is 10.3. The van der Waals surface area contributed by atoms with Crippen LogP contribution in [0.15, 0.2) is 36.4 Å². The highest BCUT2D eigenvalue weighted by atomic mass is 35.5. The molecule has 88 valence electrons. The first-order chi connectivity index (χ1) is 8.09. The lowest BCUT2D eigenvalue weighted by atomic mass is 10.2. The minimum Gasteiger partial charge on any atom is -0.396 e. The van der Waals surface area contributed by atoms with Crippen molar-refractivity contribution >= 4 is 40.3 Å². The summed E-state index contributed by atoms with van der Waals surface area (Å²) in [6.07, 6.45) is 0. The molecule has 0 amide bonds. The second-order valence-electron chi connectivity index (χ2n) is 3.76.